The topological polar surface area (TPSA) is 99.2 Å². The van der Waals surface area contributed by atoms with Crippen LogP contribution in [0.5, 0.6) is 5.75 Å². The molecule has 1 aromatic carbocycles. The lowest BCUT2D eigenvalue weighted by Crippen LogP contribution is -2.65. The fourth-order valence-electron chi connectivity index (χ4n) is 3.48. The van der Waals surface area contributed by atoms with Crippen molar-refractivity contribution in [3.05, 3.63) is 35.7 Å². The molecule has 4 rings (SSSR count). The van der Waals surface area contributed by atoms with E-state index < -0.39 is 6.04 Å². The molecule has 3 atom stereocenters. The zero-order valence-electron chi connectivity index (χ0n) is 14.7. The number of rotatable bonds is 4. The summed E-state index contributed by atoms with van der Waals surface area (Å²) in [6, 6.07) is 7.15. The van der Waals surface area contributed by atoms with E-state index in [4.69, 9.17) is 10.5 Å². The molecule has 2 unspecified atom stereocenters. The van der Waals surface area contributed by atoms with Gasteiger partial charge in [-0.05, 0) is 42.0 Å². The Morgan fingerprint density at radius 1 is 1.31 bits per heavy atom. The molecule has 1 amide bonds. The third kappa shape index (κ3) is 2.83. The first-order valence-corrected chi connectivity index (χ1v) is 8.95. The number of thioether (sulfide) groups is 1. The number of fused-ring (bicyclic) bond motifs is 1. The van der Waals surface area contributed by atoms with E-state index in [2.05, 4.69) is 29.4 Å². The van der Waals surface area contributed by atoms with Crippen molar-refractivity contribution in [3.63, 3.8) is 0 Å². The van der Waals surface area contributed by atoms with Crippen LogP contribution in [-0.4, -0.2) is 54.3 Å². The Labute approximate surface area is 161 Å². The number of benzene rings is 1. The van der Waals surface area contributed by atoms with Gasteiger partial charge in [0.1, 0.15) is 23.2 Å². The van der Waals surface area contributed by atoms with Gasteiger partial charge in [0, 0.05) is 4.75 Å². The Hall–Kier alpha value is -1.84. The summed E-state index contributed by atoms with van der Waals surface area (Å²) in [4.78, 5) is 14.1. The number of halogens is 1. The zero-order chi connectivity index (χ0) is 17.8. The maximum atomic E-state index is 12.3. The molecule has 0 spiro atoms. The number of tetrazole rings is 1. The van der Waals surface area contributed by atoms with Crippen LogP contribution in [0.3, 0.4) is 0 Å². The van der Waals surface area contributed by atoms with Crippen molar-refractivity contribution >= 4 is 30.1 Å². The summed E-state index contributed by atoms with van der Waals surface area (Å²) >= 11 is 1.71. The Kier molecular flexibility index (Phi) is 4.89. The molecule has 2 N–H and O–H groups in total. The molecule has 2 aromatic rings. The molecule has 8 nitrogen and oxygen atoms in total. The minimum absolute atomic E-state index is 0. The predicted molar refractivity (Wildman–Crippen MR) is 100 cm³/mol. The first-order valence-electron chi connectivity index (χ1n) is 8.07. The number of amides is 1. The molecule has 26 heavy (non-hydrogen) atoms. The van der Waals surface area contributed by atoms with Crippen molar-refractivity contribution in [1.82, 2.24) is 25.1 Å². The van der Waals surface area contributed by atoms with Gasteiger partial charge in [-0.3, -0.25) is 4.79 Å². The predicted octanol–water partition coefficient (Wildman–Crippen LogP) is 1.21. The third-order valence-electron chi connectivity index (χ3n) is 4.78. The number of nitrogens with zero attached hydrogens (tertiary/aromatic N) is 5. The van der Waals surface area contributed by atoms with Crippen molar-refractivity contribution < 1.29 is 9.53 Å². The highest BCUT2D eigenvalue weighted by molar-refractivity contribution is 8.01. The highest BCUT2D eigenvalue weighted by atomic mass is 35.5. The van der Waals surface area contributed by atoms with Crippen LogP contribution in [0.15, 0.2) is 24.3 Å². The van der Waals surface area contributed by atoms with Crippen LogP contribution in [0.1, 0.15) is 31.3 Å². The molecule has 0 radical (unpaired) electrons. The summed E-state index contributed by atoms with van der Waals surface area (Å²) in [6.45, 7) is 4.74. The van der Waals surface area contributed by atoms with Crippen LogP contribution >= 0.6 is 24.2 Å². The molecule has 2 fully saturated rings. The van der Waals surface area contributed by atoms with Gasteiger partial charge in [0.05, 0.1) is 13.7 Å². The van der Waals surface area contributed by atoms with Gasteiger partial charge in [0.2, 0.25) is 5.91 Å². The van der Waals surface area contributed by atoms with E-state index in [1.165, 1.54) is 0 Å². The third-order valence-corrected chi connectivity index (χ3v) is 6.37. The number of hydrogen-bond donors (Lipinski definition) is 1. The summed E-state index contributed by atoms with van der Waals surface area (Å²) in [5.74, 6) is 1.46. The molecule has 3 heterocycles. The van der Waals surface area contributed by atoms with Crippen LogP contribution in [-0.2, 0) is 11.3 Å². The van der Waals surface area contributed by atoms with Crippen molar-refractivity contribution in [2.24, 2.45) is 5.73 Å². The molecular weight excluding hydrogens is 376 g/mol. The first-order chi connectivity index (χ1) is 11.9. The molecule has 140 valence electrons. The number of hydrogen-bond acceptors (Lipinski definition) is 7. The summed E-state index contributed by atoms with van der Waals surface area (Å²) in [6.07, 6.45) is 0. The van der Waals surface area contributed by atoms with Crippen LogP contribution in [0, 0.1) is 0 Å². The van der Waals surface area contributed by atoms with Gasteiger partial charge < -0.3 is 15.4 Å². The van der Waals surface area contributed by atoms with E-state index in [0.29, 0.717) is 12.4 Å². The summed E-state index contributed by atoms with van der Waals surface area (Å²) < 4.78 is 6.74. The average molecular weight is 397 g/mol. The van der Waals surface area contributed by atoms with Crippen LogP contribution in [0.2, 0.25) is 0 Å². The maximum absolute atomic E-state index is 12.3. The van der Waals surface area contributed by atoms with Crippen LogP contribution < -0.4 is 10.5 Å². The van der Waals surface area contributed by atoms with Gasteiger partial charge in [-0.2, -0.15) is 0 Å². The highest BCUT2D eigenvalue weighted by Crippen LogP contribution is 2.56. The van der Waals surface area contributed by atoms with Crippen molar-refractivity contribution in [2.45, 2.75) is 42.6 Å². The number of methoxy groups -OCH3 is 1. The Balaban J connectivity index is 0.00000196. The number of aromatic nitrogens is 4. The van der Waals surface area contributed by atoms with E-state index in [1.807, 2.05) is 29.2 Å². The summed E-state index contributed by atoms with van der Waals surface area (Å²) in [5, 5.41) is 12.2. The number of carbonyl (C=O) groups excluding carboxylic acids is 1. The lowest BCUT2D eigenvalue weighted by Gasteiger charge is -2.42. The molecular formula is C16H21ClN6O2S. The smallest absolute Gasteiger partial charge is 0.244 e. The second kappa shape index (κ2) is 6.71. The lowest BCUT2D eigenvalue weighted by molar-refractivity contribution is -0.147. The van der Waals surface area contributed by atoms with Gasteiger partial charge in [-0.25, -0.2) is 4.68 Å². The fourth-order valence-corrected chi connectivity index (χ4v) is 5.06. The molecule has 2 aliphatic heterocycles. The molecule has 0 bridgehead atoms. The van der Waals surface area contributed by atoms with E-state index in [1.54, 1.807) is 23.6 Å². The molecule has 2 aliphatic rings. The van der Waals surface area contributed by atoms with E-state index in [-0.39, 0.29) is 34.5 Å². The van der Waals surface area contributed by atoms with E-state index in [9.17, 15) is 4.79 Å². The molecule has 2 saturated heterocycles. The summed E-state index contributed by atoms with van der Waals surface area (Å²) in [5.41, 5.74) is 7.01. The molecule has 0 aliphatic carbocycles. The van der Waals surface area contributed by atoms with Gasteiger partial charge >= 0.3 is 0 Å². The first kappa shape index (κ1) is 18.9. The molecule has 10 heteroatoms. The quantitative estimate of drug-likeness (QED) is 0.775. The largest absolute Gasteiger partial charge is 0.497 e. The lowest BCUT2D eigenvalue weighted by atomic mass is 9.95. The summed E-state index contributed by atoms with van der Waals surface area (Å²) in [7, 11) is 1.64. The monoisotopic (exact) mass is 396 g/mol. The average Bonchev–Trinajstić information content (AvgIpc) is 3.14. The second-order valence-electron chi connectivity index (χ2n) is 6.83. The van der Waals surface area contributed by atoms with Crippen LogP contribution in [0.25, 0.3) is 0 Å². The highest BCUT2D eigenvalue weighted by Gasteiger charge is 2.61. The van der Waals surface area contributed by atoms with E-state index in [0.717, 1.165) is 11.3 Å². The number of β-lactam (4-membered cyclic amide) rings is 1. The van der Waals surface area contributed by atoms with Crippen molar-refractivity contribution in [2.75, 3.05) is 7.11 Å². The number of carbonyl (C=O) groups is 1. The normalized spacial score (nSPS) is 26.1. The Morgan fingerprint density at radius 3 is 2.65 bits per heavy atom. The number of nitrogens with two attached hydrogens (primary N) is 1. The van der Waals surface area contributed by atoms with Crippen molar-refractivity contribution in [3.8, 4) is 5.75 Å². The minimum atomic E-state index is -0.430. The minimum Gasteiger partial charge on any atom is -0.497 e. The Morgan fingerprint density at radius 2 is 2.00 bits per heavy atom. The Bertz CT molecular complexity index is 811. The molecule has 0 saturated carbocycles. The van der Waals surface area contributed by atoms with E-state index >= 15 is 0 Å². The number of ether oxygens (including phenoxy) is 1. The molecule has 1 aromatic heterocycles. The van der Waals surface area contributed by atoms with Crippen LogP contribution in [0.4, 0.5) is 0 Å². The standard InChI is InChI=1S/C16H20N6O2S.ClH/c1-16(2)12(22-14(23)11(17)15(22)25-16)13-18-19-20-21(13)8-9-4-6-10(24-3)7-5-9;/h4-7,11-12,15H,8,17H2,1-3H3;1H/t11?,12?,15-;/m0./s1. The second-order valence-corrected chi connectivity index (χ2v) is 8.60. The SMILES string of the molecule is COc1ccc(Cn2nnnc2C2N3C(=O)C(N)[C@@H]3SC2(C)C)cc1.Cl. The fraction of sp³-hybridized carbons (Fsp3) is 0.500. The zero-order valence-corrected chi connectivity index (χ0v) is 16.3. The van der Waals surface area contributed by atoms with Gasteiger partial charge in [0.15, 0.2) is 5.82 Å². The van der Waals surface area contributed by atoms with Crippen molar-refractivity contribution in [1.29, 1.82) is 0 Å². The van der Waals surface area contributed by atoms with Gasteiger partial charge in [0.25, 0.3) is 0 Å². The maximum Gasteiger partial charge on any atom is 0.244 e. The van der Waals surface area contributed by atoms with Gasteiger partial charge in [-0.15, -0.1) is 29.3 Å². The van der Waals surface area contributed by atoms with Gasteiger partial charge in [-0.1, -0.05) is 12.1 Å².